The van der Waals surface area contributed by atoms with Crippen LogP contribution in [0.3, 0.4) is 0 Å². The van der Waals surface area contributed by atoms with Crippen LogP contribution in [0.1, 0.15) is 5.56 Å². The van der Waals surface area contributed by atoms with Gasteiger partial charge in [-0.25, -0.2) is 4.39 Å². The number of nitrogens with one attached hydrogen (secondary N) is 2. The summed E-state index contributed by atoms with van der Waals surface area (Å²) in [4.78, 5) is 24.4. The molecule has 7 nitrogen and oxygen atoms in total. The molecule has 0 heterocycles. The molecule has 0 aliphatic rings. The van der Waals surface area contributed by atoms with Gasteiger partial charge in [0.25, 0.3) is 11.8 Å². The Morgan fingerprint density at radius 3 is 2.30 bits per heavy atom. The van der Waals surface area contributed by atoms with Crippen molar-refractivity contribution in [2.45, 2.75) is 0 Å². The SMILES string of the molecule is N#C/C(=C\c1ccc(OCC(=O)Nc2ccc(F)cc2)c(Br)c1)C(=O)Nc1ccc(O)cc1. The van der Waals surface area contributed by atoms with Gasteiger partial charge in [-0.1, -0.05) is 6.07 Å². The number of benzene rings is 3. The van der Waals surface area contributed by atoms with E-state index in [2.05, 4.69) is 26.6 Å². The number of rotatable bonds is 7. The molecule has 0 unspecified atom stereocenters. The lowest BCUT2D eigenvalue weighted by Gasteiger charge is -2.10. The maximum Gasteiger partial charge on any atom is 0.266 e. The first-order valence-corrected chi connectivity index (χ1v) is 10.3. The zero-order valence-electron chi connectivity index (χ0n) is 17.0. The topological polar surface area (TPSA) is 111 Å². The third-order valence-corrected chi connectivity index (χ3v) is 4.86. The molecular weight excluding hydrogens is 493 g/mol. The summed E-state index contributed by atoms with van der Waals surface area (Å²) >= 11 is 3.35. The number of aromatic hydroxyl groups is 1. The summed E-state index contributed by atoms with van der Waals surface area (Å²) in [5.74, 6) is -0.982. The highest BCUT2D eigenvalue weighted by Gasteiger charge is 2.11. The molecule has 0 aliphatic carbocycles. The first kappa shape index (κ1) is 23.5. The molecule has 166 valence electrons. The molecule has 0 spiro atoms. The monoisotopic (exact) mass is 509 g/mol. The van der Waals surface area contributed by atoms with E-state index in [1.807, 2.05) is 6.07 Å². The molecule has 0 saturated carbocycles. The lowest BCUT2D eigenvalue weighted by atomic mass is 10.1. The number of nitrogens with zero attached hydrogens (tertiary/aromatic N) is 1. The summed E-state index contributed by atoms with van der Waals surface area (Å²) in [5.41, 5.74) is 1.31. The Labute approximate surface area is 197 Å². The number of hydrogen-bond donors (Lipinski definition) is 3. The normalized spacial score (nSPS) is 10.8. The van der Waals surface area contributed by atoms with Crippen LogP contribution in [-0.2, 0) is 9.59 Å². The van der Waals surface area contributed by atoms with Gasteiger partial charge in [0.15, 0.2) is 6.61 Å². The Balaban J connectivity index is 1.62. The van der Waals surface area contributed by atoms with Crippen LogP contribution in [0, 0.1) is 17.1 Å². The lowest BCUT2D eigenvalue weighted by Crippen LogP contribution is -2.20. The van der Waals surface area contributed by atoms with Gasteiger partial charge in [0.05, 0.1) is 4.47 Å². The first-order chi connectivity index (χ1) is 15.8. The van der Waals surface area contributed by atoms with Gasteiger partial charge in [-0.3, -0.25) is 9.59 Å². The second kappa shape index (κ2) is 10.9. The quantitative estimate of drug-likeness (QED) is 0.239. The Morgan fingerprint density at radius 2 is 1.67 bits per heavy atom. The Morgan fingerprint density at radius 1 is 1.03 bits per heavy atom. The molecule has 3 aromatic carbocycles. The predicted molar refractivity (Wildman–Crippen MR) is 125 cm³/mol. The molecule has 0 bridgehead atoms. The largest absolute Gasteiger partial charge is 0.508 e. The smallest absolute Gasteiger partial charge is 0.266 e. The van der Waals surface area contributed by atoms with Crippen molar-refractivity contribution >= 4 is 45.2 Å². The molecule has 33 heavy (non-hydrogen) atoms. The zero-order valence-corrected chi connectivity index (χ0v) is 18.6. The van der Waals surface area contributed by atoms with Gasteiger partial charge in [-0.05, 0) is 88.2 Å². The average Bonchev–Trinajstić information content (AvgIpc) is 2.80. The van der Waals surface area contributed by atoms with E-state index in [0.717, 1.165) is 0 Å². The number of ether oxygens (including phenoxy) is 1. The lowest BCUT2D eigenvalue weighted by molar-refractivity contribution is -0.118. The highest BCUT2D eigenvalue weighted by Crippen LogP contribution is 2.27. The van der Waals surface area contributed by atoms with E-state index >= 15 is 0 Å². The minimum atomic E-state index is -0.600. The van der Waals surface area contributed by atoms with E-state index in [1.54, 1.807) is 18.2 Å². The second-order valence-electron chi connectivity index (χ2n) is 6.70. The molecule has 3 rings (SSSR count). The van der Waals surface area contributed by atoms with Crippen molar-refractivity contribution in [2.24, 2.45) is 0 Å². The number of phenolic OH excluding ortho intramolecular Hbond substituents is 1. The van der Waals surface area contributed by atoms with E-state index in [0.29, 0.717) is 27.2 Å². The van der Waals surface area contributed by atoms with Gasteiger partial charge in [0, 0.05) is 11.4 Å². The van der Waals surface area contributed by atoms with Crippen LogP contribution in [0.2, 0.25) is 0 Å². The molecule has 3 aromatic rings. The molecule has 0 atom stereocenters. The van der Waals surface area contributed by atoms with E-state index in [-0.39, 0.29) is 17.9 Å². The third kappa shape index (κ3) is 6.92. The van der Waals surface area contributed by atoms with Crippen LogP contribution in [0.5, 0.6) is 11.5 Å². The van der Waals surface area contributed by atoms with Gasteiger partial charge >= 0.3 is 0 Å². The molecular formula is C24H17BrFN3O4. The van der Waals surface area contributed by atoms with Crippen LogP contribution in [0.4, 0.5) is 15.8 Å². The second-order valence-corrected chi connectivity index (χ2v) is 7.56. The van der Waals surface area contributed by atoms with Crippen molar-refractivity contribution in [3.05, 3.63) is 88.2 Å². The first-order valence-electron chi connectivity index (χ1n) is 9.54. The summed E-state index contributed by atoms with van der Waals surface area (Å²) in [5, 5.41) is 23.8. The Kier molecular flexibility index (Phi) is 7.78. The van der Waals surface area contributed by atoms with E-state index in [9.17, 15) is 24.3 Å². The number of anilines is 2. The number of halogens is 2. The van der Waals surface area contributed by atoms with Gasteiger partial charge in [0.1, 0.15) is 29.0 Å². The maximum atomic E-state index is 12.9. The molecule has 2 amide bonds. The molecule has 0 fully saturated rings. The summed E-state index contributed by atoms with van der Waals surface area (Å²) < 4.78 is 18.9. The van der Waals surface area contributed by atoms with Crippen LogP contribution >= 0.6 is 15.9 Å². The van der Waals surface area contributed by atoms with E-state index in [1.165, 1.54) is 54.6 Å². The van der Waals surface area contributed by atoms with Crippen LogP contribution < -0.4 is 15.4 Å². The fourth-order valence-corrected chi connectivity index (χ4v) is 3.17. The van der Waals surface area contributed by atoms with Gasteiger partial charge in [0.2, 0.25) is 0 Å². The summed E-state index contributed by atoms with van der Waals surface area (Å²) in [6.45, 7) is -0.274. The van der Waals surface area contributed by atoms with E-state index in [4.69, 9.17) is 4.74 Å². The highest BCUT2D eigenvalue weighted by molar-refractivity contribution is 9.10. The summed E-state index contributed by atoms with van der Waals surface area (Å²) in [7, 11) is 0. The molecule has 3 N–H and O–H groups in total. The molecule has 0 saturated heterocycles. The van der Waals surface area contributed by atoms with Crippen LogP contribution in [0.15, 0.2) is 76.8 Å². The minimum Gasteiger partial charge on any atom is -0.508 e. The van der Waals surface area contributed by atoms with E-state index < -0.39 is 17.6 Å². The fourth-order valence-electron chi connectivity index (χ4n) is 2.66. The molecule has 0 aromatic heterocycles. The summed E-state index contributed by atoms with van der Waals surface area (Å²) in [6.07, 6.45) is 1.41. The minimum absolute atomic E-state index is 0.0594. The number of carbonyl (C=O) groups excluding carboxylic acids is 2. The molecule has 9 heteroatoms. The van der Waals surface area contributed by atoms with Crippen molar-refractivity contribution in [2.75, 3.05) is 17.2 Å². The van der Waals surface area contributed by atoms with Crippen LogP contribution in [0.25, 0.3) is 6.08 Å². The zero-order chi connectivity index (χ0) is 23.8. The third-order valence-electron chi connectivity index (χ3n) is 4.24. The Bertz CT molecular complexity index is 1240. The Hall–Kier alpha value is -4.16. The standard InChI is InChI=1S/C24H17BrFN3O4/c25-21-12-15(11-16(13-27)24(32)29-19-6-8-20(30)9-7-19)1-10-22(21)33-14-23(31)28-18-4-2-17(26)3-5-18/h1-12,30H,14H2,(H,28,31)(H,29,32)/b16-11+. The average molecular weight is 510 g/mol. The fraction of sp³-hybridized carbons (Fsp3) is 0.0417. The van der Waals surface area contributed by atoms with Crippen molar-refractivity contribution < 1.29 is 23.8 Å². The van der Waals surface area contributed by atoms with Crippen molar-refractivity contribution in [3.63, 3.8) is 0 Å². The predicted octanol–water partition coefficient (Wildman–Crippen LogP) is 4.86. The maximum absolute atomic E-state index is 12.9. The van der Waals surface area contributed by atoms with Gasteiger partial charge in [-0.2, -0.15) is 5.26 Å². The molecule has 0 radical (unpaired) electrons. The number of hydrogen-bond acceptors (Lipinski definition) is 5. The van der Waals surface area contributed by atoms with Gasteiger partial charge in [-0.15, -0.1) is 0 Å². The highest BCUT2D eigenvalue weighted by atomic mass is 79.9. The van der Waals surface area contributed by atoms with Crippen molar-refractivity contribution in [1.82, 2.24) is 0 Å². The number of amides is 2. The number of carbonyl (C=O) groups is 2. The van der Waals surface area contributed by atoms with Crippen molar-refractivity contribution in [1.29, 1.82) is 5.26 Å². The molecule has 0 aliphatic heterocycles. The van der Waals surface area contributed by atoms with Crippen LogP contribution in [-0.4, -0.2) is 23.5 Å². The van der Waals surface area contributed by atoms with Gasteiger partial charge < -0.3 is 20.5 Å². The summed E-state index contributed by atoms with van der Waals surface area (Å²) in [6, 6.07) is 17.9. The number of phenols is 1. The van der Waals surface area contributed by atoms with Crippen molar-refractivity contribution in [3.8, 4) is 17.6 Å². The number of nitriles is 1.